The first kappa shape index (κ1) is 20.4. The molecule has 0 saturated heterocycles. The molecule has 0 atom stereocenters. The summed E-state index contributed by atoms with van der Waals surface area (Å²) in [4.78, 5) is 0. The maximum absolute atomic E-state index is 12.5. The Hall–Kier alpha value is -0.560. The Bertz CT molecular complexity index is 529. The molecular formula is C8H13F6NO4S2. The van der Waals surface area contributed by atoms with Crippen molar-refractivity contribution in [3.8, 4) is 0 Å². The van der Waals surface area contributed by atoms with Gasteiger partial charge < -0.3 is 0 Å². The summed E-state index contributed by atoms with van der Waals surface area (Å²) >= 11 is 0. The van der Waals surface area contributed by atoms with E-state index in [2.05, 4.69) is 0 Å². The largest absolute Gasteiger partial charge is 0.512 e. The quantitative estimate of drug-likeness (QED) is 0.702. The Labute approximate surface area is 118 Å². The maximum Gasteiger partial charge on any atom is 0.512 e. The van der Waals surface area contributed by atoms with Crippen LogP contribution in [0.3, 0.4) is 0 Å². The number of hydrogen-bond acceptors (Lipinski definition) is 4. The molecule has 5 nitrogen and oxygen atoms in total. The topological polar surface area (TPSA) is 71.5 Å². The molecule has 21 heavy (non-hydrogen) atoms. The van der Waals surface area contributed by atoms with Gasteiger partial charge in [0.1, 0.15) is 0 Å². The van der Waals surface area contributed by atoms with Crippen molar-refractivity contribution in [1.29, 1.82) is 0 Å². The fourth-order valence-electron chi connectivity index (χ4n) is 1.41. The molecule has 0 spiro atoms. The van der Waals surface area contributed by atoms with Crippen LogP contribution in [0.4, 0.5) is 26.3 Å². The summed E-state index contributed by atoms with van der Waals surface area (Å²) in [6, 6.07) is 0. The first-order chi connectivity index (χ1) is 8.99. The Kier molecular flexibility index (Phi) is 5.42. The number of sulfonamides is 2. The number of hydrogen-bond donors (Lipinski definition) is 0. The van der Waals surface area contributed by atoms with Crippen LogP contribution in [0.2, 0.25) is 0 Å². The number of rotatable bonds is 5. The lowest BCUT2D eigenvalue weighted by atomic mass is 9.97. The standard InChI is InChI=1S/C8H13F6NO4S2/c1-4-6(3,5-2)15(20(16,17)7(9,10)11)21(18,19)8(12,13)14/h4-5H2,1-3H3. The summed E-state index contributed by atoms with van der Waals surface area (Å²) in [6.45, 7) is 2.85. The maximum atomic E-state index is 12.5. The molecule has 0 amide bonds. The highest BCUT2D eigenvalue weighted by molar-refractivity contribution is 8.04. The predicted octanol–water partition coefficient (Wildman–Crippen LogP) is 2.57. The van der Waals surface area contributed by atoms with Crippen LogP contribution < -0.4 is 0 Å². The molecule has 0 aromatic carbocycles. The summed E-state index contributed by atoms with van der Waals surface area (Å²) in [7, 11) is -13.5. The third-order valence-electron chi connectivity index (χ3n) is 2.99. The van der Waals surface area contributed by atoms with Crippen LogP contribution in [0, 0.1) is 0 Å². The van der Waals surface area contributed by atoms with Crippen LogP contribution in [0.15, 0.2) is 0 Å². The van der Waals surface area contributed by atoms with Gasteiger partial charge in [-0.1, -0.05) is 17.6 Å². The second-order valence-electron chi connectivity index (χ2n) is 4.30. The van der Waals surface area contributed by atoms with Crippen LogP contribution in [0.25, 0.3) is 0 Å². The van der Waals surface area contributed by atoms with E-state index in [1.165, 1.54) is 0 Å². The molecule has 0 fully saturated rings. The van der Waals surface area contributed by atoms with E-state index in [1.54, 1.807) is 0 Å². The Morgan fingerprint density at radius 1 is 0.762 bits per heavy atom. The molecule has 13 heteroatoms. The minimum absolute atomic E-state index is 0.575. The highest BCUT2D eigenvalue weighted by Crippen LogP contribution is 2.42. The van der Waals surface area contributed by atoms with Gasteiger partial charge in [0.25, 0.3) is 0 Å². The summed E-state index contributed by atoms with van der Waals surface area (Å²) in [5.41, 5.74) is -14.8. The van der Waals surface area contributed by atoms with Gasteiger partial charge in [0.05, 0.1) is 0 Å². The zero-order chi connectivity index (χ0) is 17.5. The molecule has 0 unspecified atom stereocenters. The lowest BCUT2D eigenvalue weighted by Crippen LogP contribution is -2.58. The van der Waals surface area contributed by atoms with Crippen LogP contribution in [-0.4, -0.2) is 37.1 Å². The van der Waals surface area contributed by atoms with E-state index in [-0.39, 0.29) is 0 Å². The third kappa shape index (κ3) is 3.44. The molecule has 0 heterocycles. The second-order valence-corrected chi connectivity index (χ2v) is 8.09. The Morgan fingerprint density at radius 2 is 1.00 bits per heavy atom. The molecule has 0 aliphatic heterocycles. The molecule has 0 N–H and O–H groups in total. The number of halogens is 6. The molecule has 0 aromatic rings. The van der Waals surface area contributed by atoms with E-state index in [4.69, 9.17) is 0 Å². The fraction of sp³-hybridized carbons (Fsp3) is 1.00. The molecule has 0 saturated carbocycles. The average Bonchev–Trinajstić information content (AvgIpc) is 2.25. The van der Waals surface area contributed by atoms with Crippen molar-refractivity contribution in [3.63, 3.8) is 0 Å². The number of nitrogens with zero attached hydrogens (tertiary/aromatic N) is 1. The highest BCUT2D eigenvalue weighted by Gasteiger charge is 2.65. The molecule has 0 rings (SSSR count). The van der Waals surface area contributed by atoms with Gasteiger partial charge >= 0.3 is 31.1 Å². The van der Waals surface area contributed by atoms with Crippen molar-refractivity contribution >= 4 is 20.0 Å². The Morgan fingerprint density at radius 3 is 1.14 bits per heavy atom. The zero-order valence-corrected chi connectivity index (χ0v) is 12.7. The van der Waals surface area contributed by atoms with Gasteiger partial charge in [0, 0.05) is 5.54 Å². The SMILES string of the molecule is CCC(C)(CC)N(S(=O)(=O)C(F)(F)F)S(=O)(=O)C(F)(F)F. The van der Waals surface area contributed by atoms with Crippen molar-refractivity contribution in [2.45, 2.75) is 50.2 Å². The van der Waals surface area contributed by atoms with E-state index >= 15 is 0 Å². The first-order valence-corrected chi connectivity index (χ1v) is 8.30. The van der Waals surface area contributed by atoms with E-state index in [1.807, 2.05) is 0 Å². The molecule has 0 bridgehead atoms. The van der Waals surface area contributed by atoms with Gasteiger partial charge in [0.2, 0.25) is 0 Å². The van der Waals surface area contributed by atoms with Crippen molar-refractivity contribution in [2.75, 3.05) is 0 Å². The van der Waals surface area contributed by atoms with E-state index in [0.29, 0.717) is 6.92 Å². The van der Waals surface area contributed by atoms with Crippen LogP contribution >= 0.6 is 0 Å². The molecular weight excluding hydrogens is 352 g/mol. The van der Waals surface area contributed by atoms with E-state index in [9.17, 15) is 43.2 Å². The normalized spacial score (nSPS) is 15.5. The van der Waals surface area contributed by atoms with Gasteiger partial charge in [-0.05, 0) is 19.8 Å². The summed E-state index contributed by atoms with van der Waals surface area (Å²) < 4.78 is 119. The molecule has 128 valence electrons. The molecule has 0 aliphatic rings. The van der Waals surface area contributed by atoms with Gasteiger partial charge in [-0.2, -0.15) is 26.3 Å². The summed E-state index contributed by atoms with van der Waals surface area (Å²) in [6.07, 6.45) is -1.15. The molecule has 0 aliphatic carbocycles. The fourth-order valence-corrected chi connectivity index (χ4v) is 5.00. The van der Waals surface area contributed by atoms with Crippen molar-refractivity contribution < 1.29 is 43.2 Å². The minimum Gasteiger partial charge on any atom is -0.202 e. The van der Waals surface area contributed by atoms with E-state index < -0.39 is 53.2 Å². The first-order valence-electron chi connectivity index (χ1n) is 5.42. The predicted molar refractivity (Wildman–Crippen MR) is 60.8 cm³/mol. The number of alkyl halides is 6. The third-order valence-corrected chi connectivity index (χ3v) is 7.09. The van der Waals surface area contributed by atoms with Crippen molar-refractivity contribution in [2.24, 2.45) is 0 Å². The van der Waals surface area contributed by atoms with Gasteiger partial charge in [-0.15, -0.1) is 0 Å². The summed E-state index contributed by atoms with van der Waals surface area (Å²) in [5, 5.41) is 0. The van der Waals surface area contributed by atoms with Gasteiger partial charge in [-0.25, -0.2) is 16.8 Å². The van der Waals surface area contributed by atoms with Gasteiger partial charge in [-0.3, -0.25) is 0 Å². The molecule has 0 aromatic heterocycles. The minimum atomic E-state index is -6.74. The monoisotopic (exact) mass is 365 g/mol. The van der Waals surface area contributed by atoms with Crippen LogP contribution in [0.5, 0.6) is 0 Å². The van der Waals surface area contributed by atoms with E-state index in [0.717, 1.165) is 13.8 Å². The second kappa shape index (κ2) is 5.57. The van der Waals surface area contributed by atoms with Crippen molar-refractivity contribution in [1.82, 2.24) is 3.71 Å². The van der Waals surface area contributed by atoms with Crippen LogP contribution in [-0.2, 0) is 20.0 Å². The smallest absolute Gasteiger partial charge is 0.202 e. The molecule has 0 radical (unpaired) electrons. The Balaban J connectivity index is 6.64. The lowest BCUT2D eigenvalue weighted by molar-refractivity contribution is -0.0569. The average molecular weight is 365 g/mol. The lowest BCUT2D eigenvalue weighted by Gasteiger charge is -2.38. The van der Waals surface area contributed by atoms with Crippen LogP contribution in [0.1, 0.15) is 33.6 Å². The zero-order valence-electron chi connectivity index (χ0n) is 11.1. The van der Waals surface area contributed by atoms with Gasteiger partial charge in [0.15, 0.2) is 0 Å². The summed E-state index contributed by atoms with van der Waals surface area (Å²) in [5.74, 6) is 0. The van der Waals surface area contributed by atoms with Crippen molar-refractivity contribution in [3.05, 3.63) is 0 Å². The highest BCUT2D eigenvalue weighted by atomic mass is 32.3.